The van der Waals surface area contributed by atoms with E-state index < -0.39 is 11.7 Å². The predicted molar refractivity (Wildman–Crippen MR) is 49.2 cm³/mol. The van der Waals surface area contributed by atoms with Crippen molar-refractivity contribution >= 4 is 5.78 Å². The first-order valence-corrected chi connectivity index (χ1v) is 4.31. The summed E-state index contributed by atoms with van der Waals surface area (Å²) in [5, 5.41) is 0. The Balaban J connectivity index is 2.77. The van der Waals surface area contributed by atoms with Gasteiger partial charge in [-0.05, 0) is 17.7 Å². The van der Waals surface area contributed by atoms with Crippen LogP contribution in [0, 0.1) is 0 Å². The monoisotopic (exact) mass is 217 g/mol. The summed E-state index contributed by atoms with van der Waals surface area (Å²) in [6, 6.07) is 4.49. The van der Waals surface area contributed by atoms with Gasteiger partial charge in [0.25, 0.3) is 0 Å². The molecule has 0 aliphatic carbocycles. The molecular weight excluding hydrogens is 207 g/mol. The molecule has 1 aromatic rings. The van der Waals surface area contributed by atoms with Crippen LogP contribution in [0.4, 0.5) is 13.2 Å². The van der Waals surface area contributed by atoms with Crippen molar-refractivity contribution in [2.45, 2.75) is 12.6 Å². The van der Waals surface area contributed by atoms with Crippen LogP contribution in [0.1, 0.15) is 11.1 Å². The number of hydrogen-bond acceptors (Lipinski definition) is 2. The summed E-state index contributed by atoms with van der Waals surface area (Å²) in [6.45, 7) is -0.0962. The van der Waals surface area contributed by atoms with Crippen molar-refractivity contribution in [2.24, 2.45) is 5.73 Å². The average Bonchev–Trinajstić information content (AvgIpc) is 2.17. The lowest BCUT2D eigenvalue weighted by atomic mass is 10.1. The van der Waals surface area contributed by atoms with Gasteiger partial charge in [0.15, 0.2) is 5.78 Å². The first kappa shape index (κ1) is 11.7. The molecule has 0 aliphatic rings. The van der Waals surface area contributed by atoms with E-state index in [0.717, 1.165) is 12.1 Å². The Hall–Kier alpha value is -1.36. The van der Waals surface area contributed by atoms with Gasteiger partial charge in [0, 0.05) is 6.42 Å². The highest BCUT2D eigenvalue weighted by molar-refractivity contribution is 5.82. The van der Waals surface area contributed by atoms with E-state index >= 15 is 0 Å². The van der Waals surface area contributed by atoms with E-state index in [1.807, 2.05) is 0 Å². The van der Waals surface area contributed by atoms with Crippen LogP contribution in [0.5, 0.6) is 0 Å². The zero-order valence-corrected chi connectivity index (χ0v) is 7.84. The third kappa shape index (κ3) is 3.36. The first-order valence-electron chi connectivity index (χ1n) is 4.31. The number of nitrogens with two attached hydrogens (primary N) is 1. The van der Waals surface area contributed by atoms with Gasteiger partial charge in [-0.2, -0.15) is 13.2 Å². The number of rotatable bonds is 3. The van der Waals surface area contributed by atoms with Crippen LogP contribution in [0.25, 0.3) is 0 Å². The molecule has 0 atom stereocenters. The standard InChI is InChI=1S/C10H10F3NO/c11-10(12,13)8-3-1-7(2-4-8)5-9(15)6-14/h1-4H,5-6,14H2. The van der Waals surface area contributed by atoms with Crippen molar-refractivity contribution in [3.63, 3.8) is 0 Å². The van der Waals surface area contributed by atoms with Crippen LogP contribution in [-0.2, 0) is 17.4 Å². The molecule has 15 heavy (non-hydrogen) atoms. The molecule has 0 saturated carbocycles. The summed E-state index contributed by atoms with van der Waals surface area (Å²) in [7, 11) is 0. The van der Waals surface area contributed by atoms with Crippen LogP contribution >= 0.6 is 0 Å². The maximum atomic E-state index is 12.2. The van der Waals surface area contributed by atoms with E-state index in [4.69, 9.17) is 5.73 Å². The van der Waals surface area contributed by atoms with Gasteiger partial charge in [-0.1, -0.05) is 12.1 Å². The zero-order chi connectivity index (χ0) is 11.5. The molecule has 2 nitrogen and oxygen atoms in total. The Morgan fingerprint density at radius 1 is 1.20 bits per heavy atom. The minimum absolute atomic E-state index is 0.0780. The second-order valence-electron chi connectivity index (χ2n) is 3.11. The second-order valence-corrected chi connectivity index (χ2v) is 3.11. The van der Waals surface area contributed by atoms with Crippen molar-refractivity contribution in [2.75, 3.05) is 6.54 Å². The fourth-order valence-corrected chi connectivity index (χ4v) is 1.11. The molecule has 0 bridgehead atoms. The summed E-state index contributed by atoms with van der Waals surface area (Å²) >= 11 is 0. The first-order chi connectivity index (χ1) is 6.93. The lowest BCUT2D eigenvalue weighted by Crippen LogP contribution is -2.15. The van der Waals surface area contributed by atoms with Gasteiger partial charge >= 0.3 is 6.18 Å². The quantitative estimate of drug-likeness (QED) is 0.838. The van der Waals surface area contributed by atoms with Gasteiger partial charge in [-0.25, -0.2) is 0 Å². The third-order valence-electron chi connectivity index (χ3n) is 1.91. The number of Topliss-reactive ketones (excluding diaryl/α,β-unsaturated/α-hetero) is 1. The number of carbonyl (C=O) groups is 1. The summed E-state index contributed by atoms with van der Waals surface area (Å²) in [5.41, 5.74) is 4.91. The van der Waals surface area contributed by atoms with Gasteiger partial charge in [0.05, 0.1) is 12.1 Å². The van der Waals surface area contributed by atoms with E-state index in [9.17, 15) is 18.0 Å². The lowest BCUT2D eigenvalue weighted by molar-refractivity contribution is -0.137. The molecule has 0 aliphatic heterocycles. The molecule has 0 heterocycles. The van der Waals surface area contributed by atoms with Crippen LogP contribution in [0.2, 0.25) is 0 Å². The normalized spacial score (nSPS) is 11.5. The molecule has 0 radical (unpaired) electrons. The smallest absolute Gasteiger partial charge is 0.324 e. The lowest BCUT2D eigenvalue weighted by Gasteiger charge is -2.06. The summed E-state index contributed by atoms with van der Waals surface area (Å²) < 4.78 is 36.5. The van der Waals surface area contributed by atoms with Gasteiger partial charge in [0.2, 0.25) is 0 Å². The Morgan fingerprint density at radius 3 is 2.13 bits per heavy atom. The van der Waals surface area contributed by atoms with E-state index in [2.05, 4.69) is 0 Å². The Labute approximate surface area is 84.9 Å². The van der Waals surface area contributed by atoms with Gasteiger partial charge in [-0.3, -0.25) is 4.79 Å². The topological polar surface area (TPSA) is 43.1 Å². The number of hydrogen-bond donors (Lipinski definition) is 1. The molecule has 0 aromatic heterocycles. The van der Waals surface area contributed by atoms with E-state index in [-0.39, 0.29) is 18.7 Å². The van der Waals surface area contributed by atoms with Gasteiger partial charge < -0.3 is 5.73 Å². The number of alkyl halides is 3. The number of ketones is 1. The molecular formula is C10H10F3NO. The van der Waals surface area contributed by atoms with Crippen molar-refractivity contribution in [3.8, 4) is 0 Å². The minimum Gasteiger partial charge on any atom is -0.324 e. The molecule has 1 aromatic carbocycles. The molecule has 0 fully saturated rings. The summed E-state index contributed by atoms with van der Waals surface area (Å²) in [6.07, 6.45) is -4.26. The van der Waals surface area contributed by atoms with Crippen LogP contribution in [0.15, 0.2) is 24.3 Å². The zero-order valence-electron chi connectivity index (χ0n) is 7.84. The van der Waals surface area contributed by atoms with Gasteiger partial charge in [-0.15, -0.1) is 0 Å². The molecule has 0 unspecified atom stereocenters. The fraction of sp³-hybridized carbons (Fsp3) is 0.300. The van der Waals surface area contributed by atoms with Crippen molar-refractivity contribution < 1.29 is 18.0 Å². The number of benzene rings is 1. The number of halogens is 3. The van der Waals surface area contributed by atoms with E-state index in [1.54, 1.807) is 0 Å². The SMILES string of the molecule is NCC(=O)Cc1ccc(C(F)(F)F)cc1. The van der Waals surface area contributed by atoms with E-state index in [1.165, 1.54) is 12.1 Å². The summed E-state index contributed by atoms with van der Waals surface area (Å²) in [4.78, 5) is 10.9. The fourth-order valence-electron chi connectivity index (χ4n) is 1.11. The third-order valence-corrected chi connectivity index (χ3v) is 1.91. The Kier molecular flexibility index (Phi) is 3.47. The maximum Gasteiger partial charge on any atom is 0.416 e. The molecule has 0 saturated heterocycles. The molecule has 0 spiro atoms. The van der Waals surface area contributed by atoms with Crippen molar-refractivity contribution in [3.05, 3.63) is 35.4 Å². The summed E-state index contributed by atoms with van der Waals surface area (Å²) in [5.74, 6) is -0.199. The Morgan fingerprint density at radius 2 is 1.73 bits per heavy atom. The maximum absolute atomic E-state index is 12.2. The highest BCUT2D eigenvalue weighted by Gasteiger charge is 2.29. The van der Waals surface area contributed by atoms with E-state index in [0.29, 0.717) is 5.56 Å². The minimum atomic E-state index is -4.34. The van der Waals surface area contributed by atoms with Crippen molar-refractivity contribution in [1.82, 2.24) is 0 Å². The molecule has 5 heteroatoms. The van der Waals surface area contributed by atoms with Crippen LogP contribution in [-0.4, -0.2) is 12.3 Å². The molecule has 1 rings (SSSR count). The van der Waals surface area contributed by atoms with Crippen LogP contribution < -0.4 is 5.73 Å². The Bertz CT molecular complexity index is 343. The predicted octanol–water partition coefficient (Wildman–Crippen LogP) is 1.78. The van der Waals surface area contributed by atoms with Gasteiger partial charge in [0.1, 0.15) is 0 Å². The van der Waals surface area contributed by atoms with Crippen LogP contribution in [0.3, 0.4) is 0 Å². The largest absolute Gasteiger partial charge is 0.416 e. The second kappa shape index (κ2) is 4.44. The molecule has 82 valence electrons. The highest BCUT2D eigenvalue weighted by atomic mass is 19.4. The molecule has 0 amide bonds. The highest BCUT2D eigenvalue weighted by Crippen LogP contribution is 2.29. The number of carbonyl (C=O) groups excluding carboxylic acids is 1. The van der Waals surface area contributed by atoms with Crippen molar-refractivity contribution in [1.29, 1.82) is 0 Å². The average molecular weight is 217 g/mol. The molecule has 2 N–H and O–H groups in total.